The fourth-order valence-corrected chi connectivity index (χ4v) is 4.69. The highest BCUT2D eigenvalue weighted by atomic mass is 35.5. The predicted octanol–water partition coefficient (Wildman–Crippen LogP) is 4.44. The summed E-state index contributed by atoms with van der Waals surface area (Å²) in [7, 11) is 1.77. The number of halogens is 1. The first-order valence-electron chi connectivity index (χ1n) is 8.49. The number of fused-ring (bicyclic) bond motifs is 2. The molecule has 1 aromatic rings. The van der Waals surface area contributed by atoms with Gasteiger partial charge in [-0.05, 0) is 73.4 Å². The molecule has 1 aliphatic heterocycles. The first-order valence-corrected chi connectivity index (χ1v) is 8.49. The van der Waals surface area contributed by atoms with Crippen LogP contribution < -0.4 is 4.74 Å². The van der Waals surface area contributed by atoms with E-state index in [1.165, 1.54) is 49.9 Å². The lowest BCUT2D eigenvalue weighted by atomic mass is 9.60. The Hall–Kier alpha value is -0.730. The fraction of sp³-hybridized carbons (Fsp3) is 0.684. The Labute approximate surface area is 141 Å². The van der Waals surface area contributed by atoms with Crippen LogP contribution >= 0.6 is 12.4 Å². The molecule has 2 aliphatic rings. The van der Waals surface area contributed by atoms with Gasteiger partial charge in [0.2, 0.25) is 0 Å². The number of piperidine rings is 1. The topological polar surface area (TPSA) is 12.5 Å². The maximum Gasteiger partial charge on any atom is 0.119 e. The second-order valence-corrected chi connectivity index (χ2v) is 7.30. The number of ether oxygens (including phenoxy) is 1. The Kier molecular flexibility index (Phi) is 5.45. The van der Waals surface area contributed by atoms with Gasteiger partial charge in [0.25, 0.3) is 0 Å². The van der Waals surface area contributed by atoms with Crippen LogP contribution in [0.3, 0.4) is 0 Å². The summed E-state index contributed by atoms with van der Waals surface area (Å²) in [6.07, 6.45) is 5.20. The van der Waals surface area contributed by atoms with E-state index in [-0.39, 0.29) is 17.8 Å². The van der Waals surface area contributed by atoms with Crippen molar-refractivity contribution in [2.24, 2.45) is 5.92 Å². The summed E-state index contributed by atoms with van der Waals surface area (Å²) in [6.45, 7) is 9.73. The third-order valence-corrected chi connectivity index (χ3v) is 5.77. The van der Waals surface area contributed by atoms with Gasteiger partial charge >= 0.3 is 0 Å². The third kappa shape index (κ3) is 2.88. The highest BCUT2D eigenvalue weighted by Gasteiger charge is 2.45. The van der Waals surface area contributed by atoms with Crippen LogP contribution in [0.15, 0.2) is 18.2 Å². The van der Waals surface area contributed by atoms with Gasteiger partial charge in [0, 0.05) is 6.04 Å². The van der Waals surface area contributed by atoms with Crippen LogP contribution in [0.1, 0.15) is 51.2 Å². The van der Waals surface area contributed by atoms with Gasteiger partial charge < -0.3 is 4.74 Å². The molecule has 124 valence electrons. The lowest BCUT2D eigenvalue weighted by Gasteiger charge is -2.52. The van der Waals surface area contributed by atoms with Crippen molar-refractivity contribution in [3.63, 3.8) is 0 Å². The first kappa shape index (κ1) is 17.6. The Morgan fingerprint density at radius 1 is 1.32 bits per heavy atom. The van der Waals surface area contributed by atoms with E-state index in [2.05, 4.69) is 43.9 Å². The van der Waals surface area contributed by atoms with Crippen molar-refractivity contribution < 1.29 is 4.74 Å². The monoisotopic (exact) mass is 323 g/mol. The molecule has 0 aromatic heterocycles. The van der Waals surface area contributed by atoms with Crippen molar-refractivity contribution in [3.8, 4) is 5.75 Å². The molecule has 3 rings (SSSR count). The molecule has 0 amide bonds. The minimum Gasteiger partial charge on any atom is -0.497 e. The van der Waals surface area contributed by atoms with Crippen molar-refractivity contribution in [2.75, 3.05) is 20.2 Å². The smallest absolute Gasteiger partial charge is 0.119 e. The quantitative estimate of drug-likeness (QED) is 0.815. The van der Waals surface area contributed by atoms with Crippen LogP contribution in [0.5, 0.6) is 5.75 Å². The molecule has 0 N–H and O–H groups in total. The maximum absolute atomic E-state index is 5.46. The summed E-state index contributed by atoms with van der Waals surface area (Å²) < 4.78 is 5.46. The average molecular weight is 324 g/mol. The average Bonchev–Trinajstić information content (AvgIpc) is 2.48. The van der Waals surface area contributed by atoms with E-state index in [0.29, 0.717) is 0 Å². The van der Waals surface area contributed by atoms with Crippen LogP contribution in [0.4, 0.5) is 0 Å². The lowest BCUT2D eigenvalue weighted by molar-refractivity contribution is 0.0442. The van der Waals surface area contributed by atoms with Crippen molar-refractivity contribution in [1.29, 1.82) is 0 Å². The first-order chi connectivity index (χ1) is 10.1. The van der Waals surface area contributed by atoms with Crippen LogP contribution in [0.25, 0.3) is 0 Å². The summed E-state index contributed by atoms with van der Waals surface area (Å²) in [4.78, 5) is 2.75. The highest BCUT2D eigenvalue weighted by molar-refractivity contribution is 5.85. The molecule has 0 saturated carbocycles. The number of rotatable bonds is 3. The molecule has 1 heterocycles. The number of hydrogen-bond donors (Lipinski definition) is 0. The Balaban J connectivity index is 0.00000176. The van der Waals surface area contributed by atoms with Gasteiger partial charge in [-0.3, -0.25) is 4.90 Å². The van der Waals surface area contributed by atoms with E-state index in [9.17, 15) is 0 Å². The van der Waals surface area contributed by atoms with Crippen LogP contribution in [0.2, 0.25) is 0 Å². The van der Waals surface area contributed by atoms with E-state index in [4.69, 9.17) is 4.74 Å². The van der Waals surface area contributed by atoms with E-state index in [1.54, 1.807) is 7.11 Å². The zero-order chi connectivity index (χ0) is 15.0. The molecule has 2 nitrogen and oxygen atoms in total. The van der Waals surface area contributed by atoms with Gasteiger partial charge in [-0.25, -0.2) is 0 Å². The molecule has 0 radical (unpaired) electrons. The second kappa shape index (κ2) is 6.80. The zero-order valence-corrected chi connectivity index (χ0v) is 15.2. The van der Waals surface area contributed by atoms with Gasteiger partial charge in [-0.2, -0.15) is 0 Å². The largest absolute Gasteiger partial charge is 0.497 e. The molecule has 2 unspecified atom stereocenters. The molecule has 1 saturated heterocycles. The molecule has 22 heavy (non-hydrogen) atoms. The van der Waals surface area contributed by atoms with Crippen molar-refractivity contribution in [3.05, 3.63) is 29.3 Å². The van der Waals surface area contributed by atoms with Crippen LogP contribution in [0, 0.1) is 5.92 Å². The maximum atomic E-state index is 5.46. The van der Waals surface area contributed by atoms with E-state index >= 15 is 0 Å². The van der Waals surface area contributed by atoms with Crippen molar-refractivity contribution in [2.45, 2.75) is 57.9 Å². The van der Waals surface area contributed by atoms with Crippen LogP contribution in [-0.2, 0) is 11.8 Å². The summed E-state index contributed by atoms with van der Waals surface area (Å²) in [5.74, 6) is 1.78. The lowest BCUT2D eigenvalue weighted by Crippen LogP contribution is -2.55. The Morgan fingerprint density at radius 3 is 2.77 bits per heavy atom. The number of methoxy groups -OCH3 is 1. The van der Waals surface area contributed by atoms with Gasteiger partial charge in [-0.15, -0.1) is 12.4 Å². The molecule has 2 atom stereocenters. The van der Waals surface area contributed by atoms with E-state index in [0.717, 1.165) is 17.7 Å². The molecular formula is C19H30ClNO. The summed E-state index contributed by atoms with van der Waals surface area (Å²) >= 11 is 0. The standard InChI is InChI=1S/C19H29NO.ClH/c1-5-10-20-11-6-7-16-18(20)12-14-8-9-15(21-4)13-17(14)19(16,2)3;/h8-9,13,16,18H,5-7,10-12H2,1-4H3;1H. The normalized spacial score (nSPS) is 26.5. The minimum absolute atomic E-state index is 0. The number of nitrogens with zero attached hydrogens (tertiary/aromatic N) is 1. The number of likely N-dealkylation sites (tertiary alicyclic amines) is 1. The van der Waals surface area contributed by atoms with Gasteiger partial charge in [0.05, 0.1) is 7.11 Å². The van der Waals surface area contributed by atoms with Gasteiger partial charge in [0.15, 0.2) is 0 Å². The summed E-state index contributed by atoms with van der Waals surface area (Å²) in [5.41, 5.74) is 3.30. The zero-order valence-electron chi connectivity index (χ0n) is 14.4. The molecule has 1 aromatic carbocycles. The van der Waals surface area contributed by atoms with Gasteiger partial charge in [0.1, 0.15) is 5.75 Å². The molecule has 1 fully saturated rings. The molecular weight excluding hydrogens is 294 g/mol. The molecule has 1 aliphatic carbocycles. The Morgan fingerprint density at radius 2 is 2.09 bits per heavy atom. The molecule has 0 bridgehead atoms. The number of benzene rings is 1. The third-order valence-electron chi connectivity index (χ3n) is 5.77. The Bertz CT molecular complexity index is 512. The van der Waals surface area contributed by atoms with E-state index in [1.807, 2.05) is 0 Å². The molecule has 3 heteroatoms. The SMILES string of the molecule is CCCN1CCCC2C1Cc1ccc(OC)cc1C2(C)C.Cl. The highest BCUT2D eigenvalue weighted by Crippen LogP contribution is 2.47. The van der Waals surface area contributed by atoms with Crippen LogP contribution in [-0.4, -0.2) is 31.1 Å². The fourth-order valence-electron chi connectivity index (χ4n) is 4.69. The predicted molar refractivity (Wildman–Crippen MR) is 95.3 cm³/mol. The van der Waals surface area contributed by atoms with E-state index < -0.39 is 0 Å². The van der Waals surface area contributed by atoms with Gasteiger partial charge in [-0.1, -0.05) is 26.8 Å². The van der Waals surface area contributed by atoms with Crippen molar-refractivity contribution in [1.82, 2.24) is 4.90 Å². The van der Waals surface area contributed by atoms with Crippen molar-refractivity contribution >= 4 is 12.4 Å². The minimum atomic E-state index is 0. The second-order valence-electron chi connectivity index (χ2n) is 7.30. The summed E-state index contributed by atoms with van der Waals surface area (Å²) in [6, 6.07) is 7.44. The molecule has 0 spiro atoms. The summed E-state index contributed by atoms with van der Waals surface area (Å²) in [5, 5.41) is 0. The number of hydrogen-bond acceptors (Lipinski definition) is 2.